The van der Waals surface area contributed by atoms with Crippen molar-refractivity contribution in [3.63, 3.8) is 0 Å². The highest BCUT2D eigenvalue weighted by atomic mass is 16.2. The zero-order chi connectivity index (χ0) is 17.5. The normalized spacial score (nSPS) is 12.9. The number of carbonyl (C=O) groups excluding carboxylic acids is 1. The SMILES string of the molecule is CCc1ccc(C[NH+](C)[C@H](C)C(=O)Nc2ccccc2C#N)cc1. The average Bonchev–Trinajstić information content (AvgIpc) is 2.62. The Balaban J connectivity index is 2.00. The highest BCUT2D eigenvalue weighted by Crippen LogP contribution is 2.13. The van der Waals surface area contributed by atoms with E-state index in [9.17, 15) is 4.79 Å². The van der Waals surface area contributed by atoms with E-state index in [0.29, 0.717) is 11.3 Å². The molecule has 0 aromatic heterocycles. The Hall–Kier alpha value is -2.64. The molecule has 124 valence electrons. The van der Waals surface area contributed by atoms with Crippen molar-refractivity contribution in [2.45, 2.75) is 32.9 Å². The lowest BCUT2D eigenvalue weighted by atomic mass is 10.1. The van der Waals surface area contributed by atoms with Crippen LogP contribution in [0.25, 0.3) is 0 Å². The summed E-state index contributed by atoms with van der Waals surface area (Å²) in [4.78, 5) is 13.6. The molecule has 0 saturated carbocycles. The number of para-hydroxylation sites is 1. The summed E-state index contributed by atoms with van der Waals surface area (Å²) in [6, 6.07) is 17.4. The molecule has 4 nitrogen and oxygen atoms in total. The van der Waals surface area contributed by atoms with Gasteiger partial charge >= 0.3 is 0 Å². The Labute approximate surface area is 143 Å². The van der Waals surface area contributed by atoms with Crippen molar-refractivity contribution in [1.29, 1.82) is 5.26 Å². The maximum atomic E-state index is 12.5. The Kier molecular flexibility index (Phi) is 6.11. The smallest absolute Gasteiger partial charge is 0.282 e. The van der Waals surface area contributed by atoms with E-state index in [0.717, 1.165) is 17.9 Å². The standard InChI is InChI=1S/C20H23N3O/c1-4-16-9-11-17(12-10-16)14-23(3)15(2)20(24)22-19-8-6-5-7-18(19)13-21/h5-12,15H,4,14H2,1-3H3,(H,22,24)/p+1/t15-/m1/s1. The number of aryl methyl sites for hydroxylation is 1. The summed E-state index contributed by atoms with van der Waals surface area (Å²) >= 11 is 0. The average molecular weight is 322 g/mol. The summed E-state index contributed by atoms with van der Waals surface area (Å²) in [5, 5.41) is 12.0. The molecular weight excluding hydrogens is 298 g/mol. The predicted molar refractivity (Wildman–Crippen MR) is 95.7 cm³/mol. The molecule has 24 heavy (non-hydrogen) atoms. The van der Waals surface area contributed by atoms with Crippen LogP contribution >= 0.6 is 0 Å². The molecular formula is C20H24N3O+. The number of hydrogen-bond donors (Lipinski definition) is 2. The van der Waals surface area contributed by atoms with Gasteiger partial charge in [0.2, 0.25) is 0 Å². The number of benzene rings is 2. The first kappa shape index (κ1) is 17.7. The molecule has 2 aromatic rings. The number of nitrogens with one attached hydrogen (secondary N) is 2. The molecule has 2 aromatic carbocycles. The number of hydrogen-bond acceptors (Lipinski definition) is 2. The fraction of sp³-hybridized carbons (Fsp3) is 0.300. The molecule has 4 heteroatoms. The van der Waals surface area contributed by atoms with Crippen LogP contribution in [0.1, 0.15) is 30.5 Å². The van der Waals surface area contributed by atoms with Crippen LogP contribution < -0.4 is 10.2 Å². The van der Waals surface area contributed by atoms with Crippen LogP contribution in [0.2, 0.25) is 0 Å². The van der Waals surface area contributed by atoms with Gasteiger partial charge in [0.15, 0.2) is 6.04 Å². The minimum atomic E-state index is -0.220. The van der Waals surface area contributed by atoms with Crippen LogP contribution in [0, 0.1) is 11.3 Å². The van der Waals surface area contributed by atoms with Crippen molar-refractivity contribution < 1.29 is 9.69 Å². The fourth-order valence-electron chi connectivity index (χ4n) is 2.52. The molecule has 0 radical (unpaired) electrons. The number of rotatable bonds is 6. The zero-order valence-corrected chi connectivity index (χ0v) is 14.5. The molecule has 0 fully saturated rings. The van der Waals surface area contributed by atoms with Crippen LogP contribution in [0.5, 0.6) is 0 Å². The number of anilines is 1. The molecule has 0 aliphatic heterocycles. The van der Waals surface area contributed by atoms with Gasteiger partial charge in [-0.1, -0.05) is 43.3 Å². The third kappa shape index (κ3) is 4.43. The van der Waals surface area contributed by atoms with Gasteiger partial charge in [-0.2, -0.15) is 5.26 Å². The maximum absolute atomic E-state index is 12.5. The molecule has 0 aliphatic carbocycles. The molecule has 0 heterocycles. The van der Waals surface area contributed by atoms with E-state index >= 15 is 0 Å². The first-order valence-electron chi connectivity index (χ1n) is 8.25. The van der Waals surface area contributed by atoms with Gasteiger partial charge in [-0.05, 0) is 31.0 Å². The number of nitriles is 1. The van der Waals surface area contributed by atoms with Gasteiger partial charge in [-0.15, -0.1) is 0 Å². The minimum absolute atomic E-state index is 0.0830. The highest BCUT2D eigenvalue weighted by Gasteiger charge is 2.22. The van der Waals surface area contributed by atoms with Crippen LogP contribution in [-0.4, -0.2) is 19.0 Å². The first-order chi connectivity index (χ1) is 11.5. The molecule has 2 rings (SSSR count). The van der Waals surface area contributed by atoms with Crippen molar-refractivity contribution in [3.05, 3.63) is 65.2 Å². The number of quaternary nitrogens is 1. The van der Waals surface area contributed by atoms with E-state index < -0.39 is 0 Å². The second kappa shape index (κ2) is 8.28. The first-order valence-corrected chi connectivity index (χ1v) is 8.25. The quantitative estimate of drug-likeness (QED) is 0.856. The van der Waals surface area contributed by atoms with Crippen LogP contribution in [0.4, 0.5) is 5.69 Å². The number of carbonyl (C=O) groups is 1. The largest absolute Gasteiger partial charge is 0.324 e. The van der Waals surface area contributed by atoms with Gasteiger partial charge < -0.3 is 10.2 Å². The second-order valence-electron chi connectivity index (χ2n) is 6.06. The van der Waals surface area contributed by atoms with Crippen molar-refractivity contribution in [3.8, 4) is 6.07 Å². The predicted octanol–water partition coefficient (Wildman–Crippen LogP) is 2.16. The van der Waals surface area contributed by atoms with Crippen molar-refractivity contribution in [2.24, 2.45) is 0 Å². The minimum Gasteiger partial charge on any atom is -0.324 e. The topological polar surface area (TPSA) is 57.3 Å². The van der Waals surface area contributed by atoms with Gasteiger partial charge in [-0.25, -0.2) is 0 Å². The van der Waals surface area contributed by atoms with Gasteiger partial charge in [-0.3, -0.25) is 4.79 Å². The number of amides is 1. The molecule has 0 aliphatic rings. The Morgan fingerprint density at radius 2 is 1.79 bits per heavy atom. The van der Waals surface area contributed by atoms with Crippen LogP contribution in [-0.2, 0) is 17.8 Å². The summed E-state index contributed by atoms with van der Waals surface area (Å²) in [6.45, 7) is 4.82. The lowest BCUT2D eigenvalue weighted by Gasteiger charge is -2.21. The monoisotopic (exact) mass is 322 g/mol. The lowest BCUT2D eigenvalue weighted by Crippen LogP contribution is -3.12. The van der Waals surface area contributed by atoms with Crippen molar-refractivity contribution >= 4 is 11.6 Å². The van der Waals surface area contributed by atoms with Gasteiger partial charge in [0.05, 0.1) is 18.3 Å². The summed E-state index contributed by atoms with van der Waals surface area (Å²) < 4.78 is 0. The third-order valence-corrected chi connectivity index (χ3v) is 4.35. The molecule has 2 N–H and O–H groups in total. The number of nitrogens with zero attached hydrogens (tertiary/aromatic N) is 1. The zero-order valence-electron chi connectivity index (χ0n) is 14.5. The van der Waals surface area contributed by atoms with E-state index in [1.165, 1.54) is 11.1 Å². The van der Waals surface area contributed by atoms with Crippen LogP contribution in [0.3, 0.4) is 0 Å². The Bertz CT molecular complexity index is 731. The van der Waals surface area contributed by atoms with Crippen molar-refractivity contribution in [1.82, 2.24) is 0 Å². The summed E-state index contributed by atoms with van der Waals surface area (Å²) in [5.74, 6) is -0.0830. The molecule has 0 saturated heterocycles. The maximum Gasteiger partial charge on any atom is 0.282 e. The Morgan fingerprint density at radius 1 is 1.17 bits per heavy atom. The summed E-state index contributed by atoms with van der Waals surface area (Å²) in [7, 11) is 2.01. The summed E-state index contributed by atoms with van der Waals surface area (Å²) in [5.41, 5.74) is 3.57. The van der Waals surface area contributed by atoms with E-state index in [2.05, 4.69) is 42.6 Å². The molecule has 2 atom stereocenters. The van der Waals surface area contributed by atoms with Gasteiger partial charge in [0.25, 0.3) is 5.91 Å². The molecule has 1 amide bonds. The van der Waals surface area contributed by atoms with Crippen molar-refractivity contribution in [2.75, 3.05) is 12.4 Å². The number of likely N-dealkylation sites (N-methyl/N-ethyl adjacent to an activating group) is 1. The summed E-state index contributed by atoms with van der Waals surface area (Å²) in [6.07, 6.45) is 1.03. The van der Waals surface area contributed by atoms with Crippen LogP contribution in [0.15, 0.2) is 48.5 Å². The second-order valence-corrected chi connectivity index (χ2v) is 6.06. The third-order valence-electron chi connectivity index (χ3n) is 4.35. The fourth-order valence-corrected chi connectivity index (χ4v) is 2.52. The highest BCUT2D eigenvalue weighted by molar-refractivity contribution is 5.94. The van der Waals surface area contributed by atoms with E-state index in [-0.39, 0.29) is 11.9 Å². The lowest BCUT2D eigenvalue weighted by molar-refractivity contribution is -0.907. The van der Waals surface area contributed by atoms with Gasteiger partial charge in [0.1, 0.15) is 12.6 Å². The van der Waals surface area contributed by atoms with E-state index in [1.54, 1.807) is 18.2 Å². The molecule has 1 unspecified atom stereocenters. The molecule has 0 spiro atoms. The Morgan fingerprint density at radius 3 is 2.42 bits per heavy atom. The van der Waals surface area contributed by atoms with E-state index in [1.807, 2.05) is 20.0 Å². The van der Waals surface area contributed by atoms with E-state index in [4.69, 9.17) is 5.26 Å². The molecule has 0 bridgehead atoms. The van der Waals surface area contributed by atoms with Gasteiger partial charge in [0, 0.05) is 5.56 Å².